The van der Waals surface area contributed by atoms with Gasteiger partial charge in [-0.15, -0.1) is 0 Å². The van der Waals surface area contributed by atoms with Crippen LogP contribution in [0.15, 0.2) is 24.3 Å². The minimum Gasteiger partial charge on any atom is -0.324 e. The number of benzene rings is 1. The van der Waals surface area contributed by atoms with E-state index >= 15 is 0 Å². The van der Waals surface area contributed by atoms with Crippen molar-refractivity contribution in [3.8, 4) is 0 Å². The Morgan fingerprint density at radius 3 is 2.67 bits per heavy atom. The van der Waals surface area contributed by atoms with Gasteiger partial charge in [0, 0.05) is 17.0 Å². The van der Waals surface area contributed by atoms with Crippen LogP contribution in [-0.4, -0.2) is 29.5 Å². The molecule has 114 valence electrons. The molecule has 21 heavy (non-hydrogen) atoms. The third-order valence-corrected chi connectivity index (χ3v) is 5.88. The van der Waals surface area contributed by atoms with E-state index < -0.39 is 0 Å². The fraction of sp³-hybridized carbons (Fsp3) is 0.588. The van der Waals surface area contributed by atoms with Crippen molar-refractivity contribution in [1.29, 1.82) is 0 Å². The molecule has 0 aromatic heterocycles. The van der Waals surface area contributed by atoms with Gasteiger partial charge in [0.2, 0.25) is 5.91 Å². The second kappa shape index (κ2) is 6.84. The molecule has 4 heteroatoms. The average Bonchev–Trinajstić information content (AvgIpc) is 2.67. The summed E-state index contributed by atoms with van der Waals surface area (Å²) in [6.07, 6.45) is 9.00. The van der Waals surface area contributed by atoms with E-state index in [1.165, 1.54) is 31.2 Å². The number of anilines is 1. The number of nitrogens with one attached hydrogen (secondary N) is 2. The van der Waals surface area contributed by atoms with Gasteiger partial charge in [-0.3, -0.25) is 4.79 Å². The van der Waals surface area contributed by atoms with Crippen LogP contribution >= 0.6 is 11.8 Å². The fourth-order valence-electron chi connectivity index (χ4n) is 3.42. The third kappa shape index (κ3) is 3.61. The molecule has 1 unspecified atom stereocenters. The van der Waals surface area contributed by atoms with E-state index in [1.54, 1.807) is 0 Å². The average molecular weight is 304 g/mol. The Hall–Kier alpha value is -1.00. The number of hydrogen-bond acceptors (Lipinski definition) is 3. The van der Waals surface area contributed by atoms with Crippen LogP contribution in [0.1, 0.15) is 37.7 Å². The molecule has 1 heterocycles. The van der Waals surface area contributed by atoms with E-state index in [2.05, 4.69) is 23.0 Å². The number of fused-ring (bicyclic) bond motifs is 1. The summed E-state index contributed by atoms with van der Waals surface area (Å²) in [5.74, 6) is 0.131. The lowest BCUT2D eigenvalue weighted by molar-refractivity contribution is -0.118. The molecule has 3 nitrogen and oxygen atoms in total. The summed E-state index contributed by atoms with van der Waals surface area (Å²) in [5, 5.41) is 7.50. The van der Waals surface area contributed by atoms with Crippen molar-refractivity contribution in [2.75, 3.05) is 11.6 Å². The second-order valence-corrected chi connectivity index (χ2v) is 7.25. The van der Waals surface area contributed by atoms with Gasteiger partial charge in [0.25, 0.3) is 0 Å². The number of rotatable bonds is 3. The van der Waals surface area contributed by atoms with Crippen molar-refractivity contribution in [2.45, 2.75) is 55.9 Å². The molecular weight excluding hydrogens is 280 g/mol. The first-order chi connectivity index (χ1) is 10.3. The summed E-state index contributed by atoms with van der Waals surface area (Å²) in [6.45, 7) is 0. The Morgan fingerprint density at radius 2 is 1.90 bits per heavy atom. The van der Waals surface area contributed by atoms with Crippen LogP contribution in [-0.2, 0) is 11.2 Å². The Balaban J connectivity index is 1.59. The minimum atomic E-state index is -0.0479. The minimum absolute atomic E-state index is 0.0479. The summed E-state index contributed by atoms with van der Waals surface area (Å²) >= 11 is 1.98. The zero-order valence-corrected chi connectivity index (χ0v) is 13.4. The molecule has 0 saturated heterocycles. The van der Waals surface area contributed by atoms with E-state index in [1.807, 2.05) is 30.0 Å². The number of hydrogen-bond donors (Lipinski definition) is 2. The molecular formula is C17H24N2OS. The van der Waals surface area contributed by atoms with Crippen LogP contribution in [0.5, 0.6) is 0 Å². The van der Waals surface area contributed by atoms with Crippen LogP contribution in [0.4, 0.5) is 5.69 Å². The standard InChI is InChI=1S/C17H24N2OS/c1-21-14-9-7-13(8-10-14)18-16-11-6-12-4-2-3-5-15(12)19-17(16)20/h2-5,13-14,16,18H,6-11H2,1H3,(H,19,20). The number of thioether (sulfide) groups is 1. The lowest BCUT2D eigenvalue weighted by Crippen LogP contribution is -2.46. The molecule has 0 radical (unpaired) electrons. The van der Waals surface area contributed by atoms with Crippen molar-refractivity contribution < 1.29 is 4.79 Å². The zero-order chi connectivity index (χ0) is 14.7. The van der Waals surface area contributed by atoms with E-state index in [9.17, 15) is 4.79 Å². The van der Waals surface area contributed by atoms with E-state index in [4.69, 9.17) is 0 Å². The summed E-state index contributed by atoms with van der Waals surface area (Å²) < 4.78 is 0. The highest BCUT2D eigenvalue weighted by Gasteiger charge is 2.28. The smallest absolute Gasteiger partial charge is 0.241 e. The molecule has 1 fully saturated rings. The highest BCUT2D eigenvalue weighted by Crippen LogP contribution is 2.28. The van der Waals surface area contributed by atoms with E-state index in [-0.39, 0.29) is 11.9 Å². The third-order valence-electron chi connectivity index (χ3n) is 4.74. The van der Waals surface area contributed by atoms with Gasteiger partial charge < -0.3 is 10.6 Å². The Labute approximate surface area is 131 Å². The van der Waals surface area contributed by atoms with Gasteiger partial charge in [0.1, 0.15) is 0 Å². The maximum atomic E-state index is 12.4. The molecule has 1 saturated carbocycles. The van der Waals surface area contributed by atoms with Gasteiger partial charge in [-0.25, -0.2) is 0 Å². The predicted octanol–water partition coefficient (Wildman–Crippen LogP) is 3.20. The highest BCUT2D eigenvalue weighted by atomic mass is 32.2. The normalized spacial score (nSPS) is 29.4. The van der Waals surface area contributed by atoms with Gasteiger partial charge in [0.15, 0.2) is 0 Å². The predicted molar refractivity (Wildman–Crippen MR) is 89.9 cm³/mol. The SMILES string of the molecule is CSC1CCC(NC2CCc3ccccc3NC2=O)CC1. The molecule has 2 aliphatic rings. The van der Waals surface area contributed by atoms with E-state index in [0.29, 0.717) is 6.04 Å². The van der Waals surface area contributed by atoms with Crippen LogP contribution in [0.25, 0.3) is 0 Å². The van der Waals surface area contributed by atoms with Crippen LogP contribution in [0, 0.1) is 0 Å². The molecule has 0 spiro atoms. The fourth-order valence-corrected chi connectivity index (χ4v) is 4.16. The maximum absolute atomic E-state index is 12.4. The van der Waals surface area contributed by atoms with Gasteiger partial charge >= 0.3 is 0 Å². The number of carbonyl (C=O) groups excluding carboxylic acids is 1. The Morgan fingerprint density at radius 1 is 1.14 bits per heavy atom. The lowest BCUT2D eigenvalue weighted by atomic mass is 9.93. The van der Waals surface area contributed by atoms with Crippen molar-refractivity contribution in [3.63, 3.8) is 0 Å². The van der Waals surface area contributed by atoms with Crippen molar-refractivity contribution in [3.05, 3.63) is 29.8 Å². The first kappa shape index (κ1) is 14.9. The van der Waals surface area contributed by atoms with Gasteiger partial charge in [-0.1, -0.05) is 18.2 Å². The first-order valence-electron chi connectivity index (χ1n) is 7.94. The van der Waals surface area contributed by atoms with Crippen molar-refractivity contribution in [1.82, 2.24) is 5.32 Å². The molecule has 2 N–H and O–H groups in total. The van der Waals surface area contributed by atoms with Gasteiger partial charge in [0.05, 0.1) is 6.04 Å². The zero-order valence-electron chi connectivity index (χ0n) is 12.6. The molecule has 1 aliphatic carbocycles. The Bertz CT molecular complexity index is 497. The molecule has 1 aliphatic heterocycles. The summed E-state index contributed by atoms with van der Waals surface area (Å²) in [7, 11) is 0. The van der Waals surface area contributed by atoms with Crippen LogP contribution in [0.3, 0.4) is 0 Å². The van der Waals surface area contributed by atoms with Gasteiger partial charge in [-0.2, -0.15) is 11.8 Å². The lowest BCUT2D eigenvalue weighted by Gasteiger charge is -2.30. The molecule has 3 rings (SSSR count). The number of aryl methyl sites for hydroxylation is 1. The summed E-state index contributed by atoms with van der Waals surface area (Å²) in [5.41, 5.74) is 2.24. The quantitative estimate of drug-likeness (QED) is 0.901. The Kier molecular flexibility index (Phi) is 4.86. The van der Waals surface area contributed by atoms with Crippen LogP contribution in [0.2, 0.25) is 0 Å². The summed E-state index contributed by atoms with van der Waals surface area (Å²) in [6, 6.07) is 8.60. The number of amides is 1. The largest absolute Gasteiger partial charge is 0.324 e. The van der Waals surface area contributed by atoms with Gasteiger partial charge in [-0.05, 0) is 56.4 Å². The van der Waals surface area contributed by atoms with Crippen molar-refractivity contribution in [2.24, 2.45) is 0 Å². The second-order valence-electron chi connectivity index (χ2n) is 6.11. The van der Waals surface area contributed by atoms with Crippen molar-refractivity contribution >= 4 is 23.4 Å². The summed E-state index contributed by atoms with van der Waals surface area (Å²) in [4.78, 5) is 12.4. The molecule has 1 atom stereocenters. The monoisotopic (exact) mass is 304 g/mol. The topological polar surface area (TPSA) is 41.1 Å². The van der Waals surface area contributed by atoms with E-state index in [0.717, 1.165) is 23.8 Å². The van der Waals surface area contributed by atoms with Crippen LogP contribution < -0.4 is 10.6 Å². The molecule has 0 bridgehead atoms. The molecule has 1 aromatic carbocycles. The first-order valence-corrected chi connectivity index (χ1v) is 9.22. The number of para-hydroxylation sites is 1. The molecule has 1 amide bonds. The molecule has 1 aromatic rings. The number of carbonyl (C=O) groups is 1. The highest BCUT2D eigenvalue weighted by molar-refractivity contribution is 7.99. The maximum Gasteiger partial charge on any atom is 0.241 e.